The van der Waals surface area contributed by atoms with E-state index in [0.29, 0.717) is 0 Å². The van der Waals surface area contributed by atoms with Gasteiger partial charge in [0.15, 0.2) is 5.96 Å². The van der Waals surface area contributed by atoms with Crippen molar-refractivity contribution in [2.45, 2.75) is 26.8 Å². The van der Waals surface area contributed by atoms with E-state index in [9.17, 15) is 0 Å². The van der Waals surface area contributed by atoms with E-state index in [1.54, 1.807) is 0 Å². The zero-order valence-corrected chi connectivity index (χ0v) is 16.5. The van der Waals surface area contributed by atoms with Crippen molar-refractivity contribution in [2.24, 2.45) is 4.99 Å². The standard InChI is InChI=1S/C17H23N3S.HI/c1-13-5-4-6-15(11-13)9-10-19-17(18-3)20-12-16-8-7-14(2)21-16;/h4-8,11H,9-10,12H2,1-3H3,(H2,18,19,20);1H. The largest absolute Gasteiger partial charge is 0.356 e. The van der Waals surface area contributed by atoms with Crippen molar-refractivity contribution >= 4 is 41.3 Å². The lowest BCUT2D eigenvalue weighted by atomic mass is 10.1. The van der Waals surface area contributed by atoms with Gasteiger partial charge in [0.1, 0.15) is 0 Å². The van der Waals surface area contributed by atoms with Crippen LogP contribution in [-0.4, -0.2) is 19.6 Å². The number of aliphatic imine (C=N–C) groups is 1. The summed E-state index contributed by atoms with van der Waals surface area (Å²) in [6, 6.07) is 12.9. The molecule has 0 aliphatic heterocycles. The Morgan fingerprint density at radius 3 is 2.59 bits per heavy atom. The second-order valence-electron chi connectivity index (χ2n) is 5.10. The van der Waals surface area contributed by atoms with Crippen LogP contribution >= 0.6 is 35.3 Å². The molecule has 0 aliphatic carbocycles. The molecule has 0 saturated heterocycles. The number of thiophene rings is 1. The zero-order chi connectivity index (χ0) is 15.1. The Bertz CT molecular complexity index is 607. The highest BCUT2D eigenvalue weighted by Crippen LogP contribution is 2.14. The van der Waals surface area contributed by atoms with Crippen LogP contribution in [0.4, 0.5) is 0 Å². The summed E-state index contributed by atoms with van der Waals surface area (Å²) in [5.41, 5.74) is 2.66. The summed E-state index contributed by atoms with van der Waals surface area (Å²) in [6.07, 6.45) is 1.00. The molecule has 1 aromatic carbocycles. The highest BCUT2D eigenvalue weighted by atomic mass is 127. The molecule has 120 valence electrons. The normalized spacial score (nSPS) is 11.0. The van der Waals surface area contributed by atoms with Crippen molar-refractivity contribution in [1.29, 1.82) is 0 Å². The SMILES string of the molecule is CN=C(NCCc1cccc(C)c1)NCc1ccc(C)s1.I. The van der Waals surface area contributed by atoms with E-state index in [1.165, 1.54) is 20.9 Å². The maximum atomic E-state index is 4.26. The van der Waals surface area contributed by atoms with Gasteiger partial charge in [0.05, 0.1) is 6.54 Å². The monoisotopic (exact) mass is 429 g/mol. The van der Waals surface area contributed by atoms with Crippen LogP contribution in [-0.2, 0) is 13.0 Å². The lowest BCUT2D eigenvalue weighted by Crippen LogP contribution is -2.37. The van der Waals surface area contributed by atoms with Crippen molar-refractivity contribution in [2.75, 3.05) is 13.6 Å². The number of benzene rings is 1. The molecule has 0 atom stereocenters. The number of halogens is 1. The Kier molecular flexibility index (Phi) is 8.48. The molecule has 0 bridgehead atoms. The van der Waals surface area contributed by atoms with Crippen molar-refractivity contribution < 1.29 is 0 Å². The van der Waals surface area contributed by atoms with Crippen molar-refractivity contribution in [1.82, 2.24) is 10.6 Å². The molecule has 2 rings (SSSR count). The summed E-state index contributed by atoms with van der Waals surface area (Å²) < 4.78 is 0. The molecule has 0 amide bonds. The summed E-state index contributed by atoms with van der Waals surface area (Å²) in [5.74, 6) is 0.855. The number of hydrogen-bond acceptors (Lipinski definition) is 2. The lowest BCUT2D eigenvalue weighted by molar-refractivity contribution is 0.799. The van der Waals surface area contributed by atoms with Crippen LogP contribution in [0.25, 0.3) is 0 Å². The highest BCUT2D eigenvalue weighted by molar-refractivity contribution is 14.0. The van der Waals surface area contributed by atoms with Crippen molar-refractivity contribution in [3.05, 3.63) is 57.3 Å². The Labute approximate surface area is 154 Å². The Balaban J connectivity index is 0.00000242. The molecule has 0 aliphatic rings. The topological polar surface area (TPSA) is 36.4 Å². The van der Waals surface area contributed by atoms with Gasteiger partial charge in [-0.3, -0.25) is 4.99 Å². The third-order valence-electron chi connectivity index (χ3n) is 3.24. The second-order valence-corrected chi connectivity index (χ2v) is 6.48. The number of nitrogens with zero attached hydrogens (tertiary/aromatic N) is 1. The first-order valence-corrected chi connectivity index (χ1v) is 8.04. The van der Waals surface area contributed by atoms with E-state index in [2.05, 4.69) is 65.9 Å². The van der Waals surface area contributed by atoms with Crippen LogP contribution < -0.4 is 10.6 Å². The van der Waals surface area contributed by atoms with E-state index in [4.69, 9.17) is 0 Å². The molecule has 0 spiro atoms. The quantitative estimate of drug-likeness (QED) is 0.430. The van der Waals surface area contributed by atoms with Gasteiger partial charge in [0.25, 0.3) is 0 Å². The summed E-state index contributed by atoms with van der Waals surface area (Å²) in [5, 5.41) is 6.70. The average molecular weight is 429 g/mol. The van der Waals surface area contributed by atoms with Gasteiger partial charge < -0.3 is 10.6 Å². The fourth-order valence-electron chi connectivity index (χ4n) is 2.16. The van der Waals surface area contributed by atoms with E-state index in [-0.39, 0.29) is 24.0 Å². The summed E-state index contributed by atoms with van der Waals surface area (Å²) >= 11 is 1.82. The molecular weight excluding hydrogens is 405 g/mol. The predicted molar refractivity (Wildman–Crippen MR) is 108 cm³/mol. The minimum absolute atomic E-state index is 0. The molecule has 0 saturated carbocycles. The van der Waals surface area contributed by atoms with Gasteiger partial charge in [-0.2, -0.15) is 0 Å². The van der Waals surface area contributed by atoms with Gasteiger partial charge >= 0.3 is 0 Å². The minimum Gasteiger partial charge on any atom is -0.356 e. The first kappa shape index (κ1) is 19.0. The Hall–Kier alpha value is -1.08. The fourth-order valence-corrected chi connectivity index (χ4v) is 2.99. The van der Waals surface area contributed by atoms with Crippen molar-refractivity contribution in [3.8, 4) is 0 Å². The van der Waals surface area contributed by atoms with E-state index >= 15 is 0 Å². The molecule has 3 nitrogen and oxygen atoms in total. The molecule has 1 heterocycles. The fraction of sp³-hybridized carbons (Fsp3) is 0.353. The molecular formula is C17H24IN3S. The molecule has 2 aromatic rings. The Morgan fingerprint density at radius 1 is 1.14 bits per heavy atom. The van der Waals surface area contributed by atoms with E-state index < -0.39 is 0 Å². The molecule has 22 heavy (non-hydrogen) atoms. The summed E-state index contributed by atoms with van der Waals surface area (Å²) in [7, 11) is 1.81. The van der Waals surface area contributed by atoms with E-state index in [0.717, 1.165) is 25.5 Å². The third kappa shape index (κ3) is 6.36. The van der Waals surface area contributed by atoms with Gasteiger partial charge in [0.2, 0.25) is 0 Å². The minimum atomic E-state index is 0. The summed E-state index contributed by atoms with van der Waals surface area (Å²) in [6.45, 7) is 5.96. The van der Waals surface area contributed by atoms with Crippen LogP contribution in [0.3, 0.4) is 0 Å². The third-order valence-corrected chi connectivity index (χ3v) is 4.24. The first-order chi connectivity index (χ1) is 10.2. The number of nitrogens with one attached hydrogen (secondary N) is 2. The summed E-state index contributed by atoms with van der Waals surface area (Å²) in [4.78, 5) is 6.93. The van der Waals surface area contributed by atoms with Crippen LogP contribution in [0, 0.1) is 13.8 Å². The smallest absolute Gasteiger partial charge is 0.191 e. The lowest BCUT2D eigenvalue weighted by Gasteiger charge is -2.11. The van der Waals surface area contributed by atoms with Gasteiger partial charge in [0, 0.05) is 23.3 Å². The number of guanidine groups is 1. The highest BCUT2D eigenvalue weighted by Gasteiger charge is 2.00. The van der Waals surface area contributed by atoms with Gasteiger partial charge in [-0.1, -0.05) is 29.8 Å². The maximum Gasteiger partial charge on any atom is 0.191 e. The molecule has 0 radical (unpaired) electrons. The van der Waals surface area contributed by atoms with Gasteiger partial charge in [-0.25, -0.2) is 0 Å². The van der Waals surface area contributed by atoms with Crippen molar-refractivity contribution in [3.63, 3.8) is 0 Å². The zero-order valence-electron chi connectivity index (χ0n) is 13.3. The predicted octanol–water partition coefficient (Wildman–Crippen LogP) is 3.89. The number of hydrogen-bond donors (Lipinski definition) is 2. The second kappa shape index (κ2) is 9.84. The molecule has 0 fully saturated rings. The van der Waals surface area contributed by atoms with Gasteiger partial charge in [-0.05, 0) is 38.0 Å². The van der Waals surface area contributed by atoms with Crippen LogP contribution in [0.5, 0.6) is 0 Å². The number of aryl methyl sites for hydroxylation is 2. The number of rotatable bonds is 5. The van der Waals surface area contributed by atoms with Gasteiger partial charge in [-0.15, -0.1) is 35.3 Å². The van der Waals surface area contributed by atoms with Crippen LogP contribution in [0.2, 0.25) is 0 Å². The van der Waals surface area contributed by atoms with Crippen LogP contribution in [0.1, 0.15) is 20.9 Å². The Morgan fingerprint density at radius 2 is 1.95 bits per heavy atom. The average Bonchev–Trinajstić information content (AvgIpc) is 2.88. The molecule has 2 N–H and O–H groups in total. The molecule has 0 unspecified atom stereocenters. The molecule has 5 heteroatoms. The molecule has 1 aromatic heterocycles. The maximum absolute atomic E-state index is 4.26. The van der Waals surface area contributed by atoms with E-state index in [1.807, 2.05) is 18.4 Å². The van der Waals surface area contributed by atoms with Crippen LogP contribution in [0.15, 0.2) is 41.4 Å². The first-order valence-electron chi connectivity index (χ1n) is 7.23.